The van der Waals surface area contributed by atoms with Crippen molar-refractivity contribution < 1.29 is 9.53 Å². The van der Waals surface area contributed by atoms with E-state index in [9.17, 15) is 4.79 Å². The Morgan fingerprint density at radius 1 is 1.50 bits per heavy atom. The highest BCUT2D eigenvalue weighted by Gasteiger charge is 2.43. The Bertz CT molecular complexity index is 437. The highest BCUT2D eigenvalue weighted by Crippen LogP contribution is 2.45. The number of rotatable bonds is 2. The quantitative estimate of drug-likeness (QED) is 0.554. The van der Waals surface area contributed by atoms with Crippen molar-refractivity contribution in [2.24, 2.45) is 11.3 Å². The first kappa shape index (κ1) is 14.3. The van der Waals surface area contributed by atoms with Crippen LogP contribution in [-0.2, 0) is 9.53 Å². The molecule has 0 aromatic rings. The van der Waals surface area contributed by atoms with Crippen LogP contribution in [0.25, 0.3) is 0 Å². The Morgan fingerprint density at radius 2 is 2.11 bits per heavy atom. The summed E-state index contributed by atoms with van der Waals surface area (Å²) in [5.41, 5.74) is -0.106. The Balaban J connectivity index is 3.24. The molecule has 0 amide bonds. The van der Waals surface area contributed by atoms with Gasteiger partial charge in [-0.25, -0.2) is 0 Å². The highest BCUT2D eigenvalue weighted by atomic mass is 16.5. The van der Waals surface area contributed by atoms with Gasteiger partial charge >= 0.3 is 5.97 Å². The molecule has 0 saturated heterocycles. The summed E-state index contributed by atoms with van der Waals surface area (Å²) in [5, 5.41) is 18.1. The van der Waals surface area contributed by atoms with Crippen molar-refractivity contribution in [3.05, 3.63) is 11.1 Å². The molecule has 1 aliphatic carbocycles. The Kier molecular flexibility index (Phi) is 4.50. The summed E-state index contributed by atoms with van der Waals surface area (Å²) in [6, 6.07) is 3.81. The molecule has 4 nitrogen and oxygen atoms in total. The van der Waals surface area contributed by atoms with Gasteiger partial charge in [0.15, 0.2) is 0 Å². The van der Waals surface area contributed by atoms with Crippen LogP contribution in [0.1, 0.15) is 40.0 Å². The molecule has 0 N–H and O–H groups in total. The van der Waals surface area contributed by atoms with Crippen LogP contribution in [0.15, 0.2) is 11.1 Å². The zero-order valence-corrected chi connectivity index (χ0v) is 11.1. The van der Waals surface area contributed by atoms with Gasteiger partial charge in [0.25, 0.3) is 0 Å². The molecule has 0 aromatic heterocycles. The smallest absolute Gasteiger partial charge is 0.315 e. The van der Waals surface area contributed by atoms with E-state index in [0.717, 1.165) is 6.42 Å². The van der Waals surface area contributed by atoms with Gasteiger partial charge in [-0.2, -0.15) is 10.5 Å². The van der Waals surface area contributed by atoms with Gasteiger partial charge in [0.2, 0.25) is 0 Å². The van der Waals surface area contributed by atoms with Crippen LogP contribution >= 0.6 is 0 Å². The van der Waals surface area contributed by atoms with Gasteiger partial charge in [-0.15, -0.1) is 0 Å². The lowest BCUT2D eigenvalue weighted by Crippen LogP contribution is -2.36. The van der Waals surface area contributed by atoms with Gasteiger partial charge in [-0.3, -0.25) is 4.79 Å². The predicted molar refractivity (Wildman–Crippen MR) is 66.0 cm³/mol. The molecule has 96 valence electrons. The molecule has 2 unspecified atom stereocenters. The maximum atomic E-state index is 12.1. The molecule has 0 bridgehead atoms. The SMILES string of the molecule is CCOC(=O)C1(C)CCC(C)CC1=C(C#N)C#N. The van der Waals surface area contributed by atoms with E-state index in [-0.39, 0.29) is 11.5 Å². The fourth-order valence-electron chi connectivity index (χ4n) is 2.42. The fourth-order valence-corrected chi connectivity index (χ4v) is 2.42. The van der Waals surface area contributed by atoms with Crippen LogP contribution in [0.4, 0.5) is 0 Å². The first-order chi connectivity index (χ1) is 8.49. The van der Waals surface area contributed by atoms with Gasteiger partial charge in [0.1, 0.15) is 17.7 Å². The lowest BCUT2D eigenvalue weighted by atomic mass is 9.67. The molecular weight excluding hydrogens is 228 g/mol. The standard InChI is InChI=1S/C14H18N2O2/c1-4-18-13(17)14(3)6-5-10(2)7-12(14)11(8-15)9-16/h10H,4-7H2,1-3H3. The maximum Gasteiger partial charge on any atom is 0.315 e. The van der Waals surface area contributed by atoms with Crippen molar-refractivity contribution in [3.63, 3.8) is 0 Å². The number of ether oxygens (including phenoxy) is 1. The second kappa shape index (κ2) is 5.69. The minimum absolute atomic E-state index is 0.0668. The molecule has 0 heterocycles. The third-order valence-corrected chi connectivity index (χ3v) is 3.61. The summed E-state index contributed by atoms with van der Waals surface area (Å²) in [6.07, 6.45) is 2.16. The van der Waals surface area contributed by atoms with Crippen molar-refractivity contribution in [2.75, 3.05) is 6.61 Å². The minimum atomic E-state index is -0.816. The average Bonchev–Trinajstić information content (AvgIpc) is 2.35. The second-order valence-corrected chi connectivity index (χ2v) is 4.98. The van der Waals surface area contributed by atoms with E-state index >= 15 is 0 Å². The number of nitriles is 2. The zero-order valence-electron chi connectivity index (χ0n) is 11.1. The van der Waals surface area contributed by atoms with Gasteiger partial charge in [0, 0.05) is 0 Å². The monoisotopic (exact) mass is 246 g/mol. The summed E-state index contributed by atoms with van der Waals surface area (Å²) in [7, 11) is 0. The van der Waals surface area contributed by atoms with Crippen molar-refractivity contribution in [2.45, 2.75) is 40.0 Å². The fraction of sp³-hybridized carbons (Fsp3) is 0.643. The lowest BCUT2D eigenvalue weighted by Gasteiger charge is -2.36. The number of carbonyl (C=O) groups is 1. The third-order valence-electron chi connectivity index (χ3n) is 3.61. The molecule has 1 saturated carbocycles. The van der Waals surface area contributed by atoms with E-state index in [2.05, 4.69) is 6.92 Å². The summed E-state index contributed by atoms with van der Waals surface area (Å²) < 4.78 is 5.10. The summed E-state index contributed by atoms with van der Waals surface area (Å²) >= 11 is 0. The molecule has 0 radical (unpaired) electrons. The number of esters is 1. The predicted octanol–water partition coefficient (Wildman–Crippen LogP) is 2.72. The molecule has 4 heteroatoms. The van der Waals surface area contributed by atoms with E-state index < -0.39 is 5.41 Å². The maximum absolute atomic E-state index is 12.1. The average molecular weight is 246 g/mol. The van der Waals surface area contributed by atoms with Crippen LogP contribution in [0.3, 0.4) is 0 Å². The summed E-state index contributed by atoms with van der Waals surface area (Å²) in [6.45, 7) is 5.91. The molecule has 2 atom stereocenters. The number of hydrogen-bond donors (Lipinski definition) is 0. The van der Waals surface area contributed by atoms with Gasteiger partial charge in [-0.05, 0) is 44.6 Å². The van der Waals surface area contributed by atoms with Crippen LogP contribution < -0.4 is 0 Å². The topological polar surface area (TPSA) is 73.9 Å². The van der Waals surface area contributed by atoms with Crippen molar-refractivity contribution in [1.82, 2.24) is 0 Å². The number of hydrogen-bond acceptors (Lipinski definition) is 4. The molecule has 0 aromatic carbocycles. The molecule has 18 heavy (non-hydrogen) atoms. The van der Waals surface area contributed by atoms with Crippen LogP contribution in [0, 0.1) is 34.0 Å². The number of nitrogens with zero attached hydrogens (tertiary/aromatic N) is 2. The minimum Gasteiger partial charge on any atom is -0.465 e. The third kappa shape index (κ3) is 2.54. The molecular formula is C14H18N2O2. The van der Waals surface area contributed by atoms with Crippen molar-refractivity contribution in [3.8, 4) is 12.1 Å². The van der Waals surface area contributed by atoms with E-state index in [1.165, 1.54) is 0 Å². The van der Waals surface area contributed by atoms with Gasteiger partial charge in [0.05, 0.1) is 12.0 Å². The Labute approximate surface area is 108 Å². The molecule has 0 aliphatic heterocycles. The summed E-state index contributed by atoms with van der Waals surface area (Å²) in [4.78, 5) is 12.1. The van der Waals surface area contributed by atoms with Crippen LogP contribution in [0.2, 0.25) is 0 Å². The van der Waals surface area contributed by atoms with E-state index in [4.69, 9.17) is 15.3 Å². The van der Waals surface area contributed by atoms with E-state index in [1.54, 1.807) is 13.8 Å². The first-order valence-corrected chi connectivity index (χ1v) is 6.20. The van der Waals surface area contributed by atoms with Gasteiger partial charge < -0.3 is 4.74 Å². The van der Waals surface area contributed by atoms with Crippen molar-refractivity contribution >= 4 is 5.97 Å². The van der Waals surface area contributed by atoms with Gasteiger partial charge in [-0.1, -0.05) is 6.92 Å². The number of allylic oxidation sites excluding steroid dienone is 1. The van der Waals surface area contributed by atoms with E-state index in [0.29, 0.717) is 30.9 Å². The highest BCUT2D eigenvalue weighted by molar-refractivity contribution is 5.81. The Morgan fingerprint density at radius 3 is 2.61 bits per heavy atom. The second-order valence-electron chi connectivity index (χ2n) is 4.98. The first-order valence-electron chi connectivity index (χ1n) is 6.20. The normalized spacial score (nSPS) is 26.9. The molecule has 1 rings (SSSR count). The van der Waals surface area contributed by atoms with E-state index in [1.807, 2.05) is 12.1 Å². The molecule has 0 spiro atoms. The van der Waals surface area contributed by atoms with Crippen LogP contribution in [0.5, 0.6) is 0 Å². The van der Waals surface area contributed by atoms with Crippen molar-refractivity contribution in [1.29, 1.82) is 10.5 Å². The Hall–Kier alpha value is -1.81. The number of carbonyl (C=O) groups excluding carboxylic acids is 1. The largest absolute Gasteiger partial charge is 0.465 e. The molecule has 1 fully saturated rings. The zero-order chi connectivity index (χ0) is 13.8. The van der Waals surface area contributed by atoms with Crippen LogP contribution in [-0.4, -0.2) is 12.6 Å². The molecule has 1 aliphatic rings. The lowest BCUT2D eigenvalue weighted by molar-refractivity contribution is -0.153. The summed E-state index contributed by atoms with van der Waals surface area (Å²) in [5.74, 6) is 0.0640.